The van der Waals surface area contributed by atoms with Crippen LogP contribution < -0.4 is 0 Å². The average molecular weight is 334 g/mol. The van der Waals surface area contributed by atoms with Crippen molar-refractivity contribution in [2.24, 2.45) is 17.3 Å². The molecule has 2 fully saturated rings. The van der Waals surface area contributed by atoms with Crippen LogP contribution in [0.3, 0.4) is 0 Å². The number of terminal acetylenes is 1. The number of ketones is 1. The summed E-state index contributed by atoms with van der Waals surface area (Å²) in [6.07, 6.45) is 11.7. The summed E-state index contributed by atoms with van der Waals surface area (Å²) in [5, 5.41) is 2.95. The van der Waals surface area contributed by atoms with Gasteiger partial charge < -0.3 is 0 Å². The highest BCUT2D eigenvalue weighted by Crippen LogP contribution is 2.59. The van der Waals surface area contributed by atoms with Crippen molar-refractivity contribution in [3.8, 4) is 23.5 Å². The molecular formula is C22H22OS. The maximum atomic E-state index is 12.4. The van der Waals surface area contributed by atoms with Gasteiger partial charge in [-0.05, 0) is 102 Å². The van der Waals surface area contributed by atoms with Crippen molar-refractivity contribution in [3.05, 3.63) is 29.3 Å². The Morgan fingerprint density at radius 2 is 2.12 bits per heavy atom. The lowest BCUT2D eigenvalue weighted by Crippen LogP contribution is -2.42. The normalized spacial score (nSPS) is 33.5. The van der Waals surface area contributed by atoms with Crippen LogP contribution in [0, 0.1) is 40.8 Å². The zero-order valence-corrected chi connectivity index (χ0v) is 14.9. The topological polar surface area (TPSA) is 17.1 Å². The fourth-order valence-electron chi connectivity index (χ4n) is 5.51. The molecule has 2 saturated carbocycles. The number of rotatable bonds is 1. The molecule has 122 valence electrons. The number of benzene rings is 1. The van der Waals surface area contributed by atoms with Crippen LogP contribution >= 0.6 is 11.8 Å². The number of Topliss-reactive ketones (excluding diaryl/α,β-unsaturated/α-hetero) is 1. The fourth-order valence-corrected chi connectivity index (χ4v) is 6.07. The van der Waals surface area contributed by atoms with Crippen molar-refractivity contribution < 1.29 is 4.79 Å². The third-order valence-electron chi connectivity index (χ3n) is 6.70. The molecule has 0 aliphatic heterocycles. The van der Waals surface area contributed by atoms with Crippen molar-refractivity contribution in [3.63, 3.8) is 0 Å². The number of carbonyl (C=O) groups is 1. The number of hydrogen-bond acceptors (Lipinski definition) is 2. The van der Waals surface area contributed by atoms with Crippen molar-refractivity contribution in [2.75, 3.05) is 0 Å². The number of carbonyl (C=O) groups excluding carboxylic acids is 1. The lowest BCUT2D eigenvalue weighted by atomic mass is 9.55. The minimum absolute atomic E-state index is 0.0285. The van der Waals surface area contributed by atoms with Crippen molar-refractivity contribution in [1.82, 2.24) is 0 Å². The molecule has 0 amide bonds. The van der Waals surface area contributed by atoms with Crippen LogP contribution in [0.2, 0.25) is 0 Å². The quantitative estimate of drug-likeness (QED) is 0.542. The molecular weight excluding hydrogens is 312 g/mol. The molecule has 0 bridgehead atoms. The van der Waals surface area contributed by atoms with E-state index in [1.165, 1.54) is 40.6 Å². The summed E-state index contributed by atoms with van der Waals surface area (Å²) in [6, 6.07) is 6.80. The zero-order valence-electron chi connectivity index (χ0n) is 14.1. The highest BCUT2D eigenvalue weighted by molar-refractivity contribution is 8.04. The van der Waals surface area contributed by atoms with Gasteiger partial charge in [0.25, 0.3) is 0 Å². The van der Waals surface area contributed by atoms with Crippen LogP contribution in [0.25, 0.3) is 0 Å². The van der Waals surface area contributed by atoms with Gasteiger partial charge in [0, 0.05) is 16.7 Å². The average Bonchev–Trinajstić information content (AvgIpc) is 2.90. The molecule has 3 aliphatic rings. The molecule has 4 rings (SSSR count). The Hall–Kier alpha value is -1.64. The summed E-state index contributed by atoms with van der Waals surface area (Å²) < 4.78 is 0. The number of thioether (sulfide) groups is 1. The first-order chi connectivity index (χ1) is 11.6. The van der Waals surface area contributed by atoms with Crippen molar-refractivity contribution in [2.45, 2.75) is 56.3 Å². The van der Waals surface area contributed by atoms with Gasteiger partial charge in [-0.1, -0.05) is 13.0 Å². The Balaban J connectivity index is 1.61. The summed E-state index contributed by atoms with van der Waals surface area (Å²) >= 11 is 1.51. The van der Waals surface area contributed by atoms with Crippen LogP contribution in [-0.2, 0) is 11.2 Å². The van der Waals surface area contributed by atoms with E-state index in [2.05, 4.69) is 42.2 Å². The second-order valence-corrected chi connectivity index (χ2v) is 8.55. The van der Waals surface area contributed by atoms with Gasteiger partial charge in [0.05, 0.1) is 0 Å². The first kappa shape index (κ1) is 15.9. The van der Waals surface area contributed by atoms with Crippen LogP contribution in [0.1, 0.15) is 56.1 Å². The first-order valence-electron chi connectivity index (χ1n) is 8.92. The summed E-state index contributed by atoms with van der Waals surface area (Å²) in [6.45, 7) is 2.24. The molecule has 0 spiro atoms. The summed E-state index contributed by atoms with van der Waals surface area (Å²) in [5.74, 6) is 7.49. The summed E-state index contributed by atoms with van der Waals surface area (Å²) in [4.78, 5) is 13.6. The van der Waals surface area contributed by atoms with E-state index in [1.54, 1.807) is 0 Å². The predicted molar refractivity (Wildman–Crippen MR) is 98.5 cm³/mol. The second kappa shape index (κ2) is 6.02. The largest absolute Gasteiger partial charge is 0.299 e. The SMILES string of the molecule is C#CC#CSc1ccc2c(c1)CCC1C2CCC2(C)C(=O)CCC12. The van der Waals surface area contributed by atoms with Crippen LogP contribution in [0.4, 0.5) is 0 Å². The van der Waals surface area contributed by atoms with Gasteiger partial charge in [-0.25, -0.2) is 0 Å². The molecule has 24 heavy (non-hydrogen) atoms. The Labute approximate surface area is 149 Å². The highest BCUT2D eigenvalue weighted by Gasteiger charge is 2.54. The minimum atomic E-state index is -0.0285. The maximum absolute atomic E-state index is 12.4. The summed E-state index contributed by atoms with van der Waals surface area (Å²) in [7, 11) is 0. The zero-order chi connectivity index (χ0) is 16.7. The van der Waals surface area contributed by atoms with E-state index in [4.69, 9.17) is 6.42 Å². The van der Waals surface area contributed by atoms with Gasteiger partial charge in [-0.15, -0.1) is 6.42 Å². The monoisotopic (exact) mass is 334 g/mol. The van der Waals surface area contributed by atoms with Gasteiger partial charge in [0.15, 0.2) is 0 Å². The number of hydrogen-bond donors (Lipinski definition) is 0. The molecule has 3 aliphatic carbocycles. The van der Waals surface area contributed by atoms with Gasteiger partial charge in [0.1, 0.15) is 5.78 Å². The molecule has 0 heterocycles. The highest BCUT2D eigenvalue weighted by atomic mass is 32.2. The number of fused-ring (bicyclic) bond motifs is 5. The maximum Gasteiger partial charge on any atom is 0.139 e. The second-order valence-electron chi connectivity index (χ2n) is 7.67. The molecule has 1 aromatic rings. The third kappa shape index (κ3) is 2.40. The fraction of sp³-hybridized carbons (Fsp3) is 0.500. The third-order valence-corrected chi connectivity index (χ3v) is 7.39. The van der Waals surface area contributed by atoms with Gasteiger partial charge >= 0.3 is 0 Å². The Morgan fingerprint density at radius 3 is 2.96 bits per heavy atom. The Kier molecular flexibility index (Phi) is 3.98. The van der Waals surface area contributed by atoms with E-state index >= 15 is 0 Å². The van der Waals surface area contributed by atoms with Gasteiger partial charge in [-0.2, -0.15) is 0 Å². The molecule has 1 nitrogen and oxygen atoms in total. The molecule has 0 radical (unpaired) electrons. The summed E-state index contributed by atoms with van der Waals surface area (Å²) in [5.41, 5.74) is 2.98. The molecule has 4 unspecified atom stereocenters. The van der Waals surface area contributed by atoms with E-state index < -0.39 is 0 Å². The van der Waals surface area contributed by atoms with Crippen LogP contribution in [0.15, 0.2) is 23.1 Å². The van der Waals surface area contributed by atoms with Crippen molar-refractivity contribution in [1.29, 1.82) is 0 Å². The van der Waals surface area contributed by atoms with E-state index in [-0.39, 0.29) is 5.41 Å². The van der Waals surface area contributed by atoms with E-state index in [9.17, 15) is 4.79 Å². The molecule has 0 aromatic heterocycles. The standard InChI is InChI=1S/C22H22OS/c1-3-4-13-24-16-6-8-17-15(14-16)5-7-19-18(17)11-12-22(2)20(19)9-10-21(22)23/h1,6,8,14,18-20H,5,7,9-12H2,2H3. The molecule has 0 saturated heterocycles. The van der Waals surface area contributed by atoms with E-state index in [0.29, 0.717) is 23.5 Å². The molecule has 2 heteroatoms. The van der Waals surface area contributed by atoms with Crippen LogP contribution in [0.5, 0.6) is 0 Å². The van der Waals surface area contributed by atoms with E-state index in [1.807, 2.05) is 0 Å². The van der Waals surface area contributed by atoms with Gasteiger partial charge in [0.2, 0.25) is 0 Å². The smallest absolute Gasteiger partial charge is 0.139 e. The number of aryl methyl sites for hydroxylation is 1. The predicted octanol–water partition coefficient (Wildman–Crippen LogP) is 4.80. The lowest BCUT2D eigenvalue weighted by Gasteiger charge is -2.48. The Bertz CT molecular complexity index is 790. The lowest BCUT2D eigenvalue weighted by molar-refractivity contribution is -0.129. The van der Waals surface area contributed by atoms with Crippen molar-refractivity contribution >= 4 is 17.5 Å². The first-order valence-corrected chi connectivity index (χ1v) is 9.74. The molecule has 1 aromatic carbocycles. The van der Waals surface area contributed by atoms with Crippen LogP contribution in [-0.4, -0.2) is 5.78 Å². The van der Waals surface area contributed by atoms with E-state index in [0.717, 1.165) is 25.7 Å². The van der Waals surface area contributed by atoms with Gasteiger partial charge in [-0.3, -0.25) is 4.79 Å². The minimum Gasteiger partial charge on any atom is -0.299 e. The molecule has 0 N–H and O–H groups in total. The molecule has 4 atom stereocenters. The Morgan fingerprint density at radius 1 is 1.25 bits per heavy atom.